The lowest BCUT2D eigenvalue weighted by atomic mass is 10.1. The zero-order chi connectivity index (χ0) is 21.3. The van der Waals surface area contributed by atoms with Gasteiger partial charge < -0.3 is 18.9 Å². The van der Waals surface area contributed by atoms with Gasteiger partial charge in [-0.2, -0.15) is 0 Å². The summed E-state index contributed by atoms with van der Waals surface area (Å²) >= 11 is 0. The fraction of sp³-hybridized carbons (Fsp3) is 0.920. The minimum Gasteiger partial charge on any atom is -0.475 e. The second-order valence-corrected chi connectivity index (χ2v) is 7.72. The highest BCUT2D eigenvalue weighted by Crippen LogP contribution is 2.13. The standard InChI is InChI=1S/C25H50O4/c1-4-7-8-9-16-19-22-26-24-27-23-20-17-14-12-10-11-13-15-18-21-25(28-5-2)29-6-3/h20,23,25H,4-19,21-22,24H2,1-3H3. The number of allylic oxidation sites excluding steroid dienone is 1. The van der Waals surface area contributed by atoms with E-state index >= 15 is 0 Å². The number of hydrogen-bond acceptors (Lipinski definition) is 4. The minimum atomic E-state index is -0.0000411. The molecule has 0 N–H and O–H groups in total. The predicted octanol–water partition coefficient (Wildman–Crippen LogP) is 7.76. The van der Waals surface area contributed by atoms with Crippen LogP contribution in [0.2, 0.25) is 0 Å². The van der Waals surface area contributed by atoms with E-state index in [2.05, 4.69) is 13.0 Å². The number of ether oxygens (including phenoxy) is 4. The maximum Gasteiger partial charge on any atom is 0.188 e. The summed E-state index contributed by atoms with van der Waals surface area (Å²) in [6, 6.07) is 0. The van der Waals surface area contributed by atoms with Crippen molar-refractivity contribution in [2.24, 2.45) is 0 Å². The largest absolute Gasteiger partial charge is 0.475 e. The Bertz CT molecular complexity index is 314. The molecule has 0 amide bonds. The van der Waals surface area contributed by atoms with Crippen LogP contribution in [0, 0.1) is 0 Å². The van der Waals surface area contributed by atoms with Crippen LogP contribution in [0.5, 0.6) is 0 Å². The second-order valence-electron chi connectivity index (χ2n) is 7.72. The molecule has 0 saturated heterocycles. The van der Waals surface area contributed by atoms with Gasteiger partial charge in [0.1, 0.15) is 0 Å². The Morgan fingerprint density at radius 1 is 0.655 bits per heavy atom. The predicted molar refractivity (Wildman–Crippen MR) is 123 cm³/mol. The SMILES string of the molecule is CCCCCCCCOCOC=CCCCCCCCCCC(OCC)OCC. The maximum atomic E-state index is 5.58. The number of rotatable bonds is 24. The minimum absolute atomic E-state index is 0.0000411. The van der Waals surface area contributed by atoms with Crippen molar-refractivity contribution < 1.29 is 18.9 Å². The molecule has 174 valence electrons. The number of unbranched alkanes of at least 4 members (excludes halogenated alkanes) is 12. The zero-order valence-electron chi connectivity index (χ0n) is 19.8. The normalized spacial score (nSPS) is 11.7. The van der Waals surface area contributed by atoms with Crippen LogP contribution in [-0.4, -0.2) is 32.9 Å². The first-order valence-corrected chi connectivity index (χ1v) is 12.4. The Hall–Kier alpha value is -0.580. The molecule has 0 spiro atoms. The second kappa shape index (κ2) is 25.5. The van der Waals surface area contributed by atoms with Crippen LogP contribution >= 0.6 is 0 Å². The first kappa shape index (κ1) is 28.4. The van der Waals surface area contributed by atoms with Crippen LogP contribution < -0.4 is 0 Å². The highest BCUT2D eigenvalue weighted by atomic mass is 16.7. The van der Waals surface area contributed by atoms with E-state index in [4.69, 9.17) is 18.9 Å². The molecular formula is C25H50O4. The van der Waals surface area contributed by atoms with E-state index < -0.39 is 0 Å². The molecule has 0 radical (unpaired) electrons. The molecule has 0 unspecified atom stereocenters. The van der Waals surface area contributed by atoms with Crippen molar-refractivity contribution >= 4 is 0 Å². The molecule has 0 aliphatic carbocycles. The van der Waals surface area contributed by atoms with Crippen LogP contribution in [0.3, 0.4) is 0 Å². The van der Waals surface area contributed by atoms with Gasteiger partial charge in [-0.25, -0.2) is 0 Å². The van der Waals surface area contributed by atoms with Gasteiger partial charge in [-0.3, -0.25) is 0 Å². The molecular weight excluding hydrogens is 364 g/mol. The summed E-state index contributed by atoms with van der Waals surface area (Å²) in [7, 11) is 0. The van der Waals surface area contributed by atoms with Gasteiger partial charge in [-0.05, 0) is 52.0 Å². The molecule has 0 heterocycles. The fourth-order valence-electron chi connectivity index (χ4n) is 3.31. The molecule has 0 atom stereocenters. The van der Waals surface area contributed by atoms with E-state index in [9.17, 15) is 0 Å². The Morgan fingerprint density at radius 2 is 1.24 bits per heavy atom. The molecule has 4 heteroatoms. The van der Waals surface area contributed by atoms with Gasteiger partial charge in [-0.1, -0.05) is 71.1 Å². The lowest BCUT2D eigenvalue weighted by Crippen LogP contribution is -2.17. The third kappa shape index (κ3) is 23.6. The smallest absolute Gasteiger partial charge is 0.188 e. The Kier molecular flexibility index (Phi) is 24.9. The highest BCUT2D eigenvalue weighted by molar-refractivity contribution is 4.72. The van der Waals surface area contributed by atoms with E-state index in [1.165, 1.54) is 77.0 Å². The first-order valence-electron chi connectivity index (χ1n) is 12.4. The Balaban J connectivity index is 3.20. The third-order valence-electron chi connectivity index (χ3n) is 5.00. The molecule has 0 fully saturated rings. The van der Waals surface area contributed by atoms with E-state index in [-0.39, 0.29) is 6.29 Å². The third-order valence-corrected chi connectivity index (χ3v) is 5.00. The van der Waals surface area contributed by atoms with Crippen molar-refractivity contribution in [1.82, 2.24) is 0 Å². The lowest BCUT2D eigenvalue weighted by Gasteiger charge is -2.16. The molecule has 0 aromatic rings. The quantitative estimate of drug-likeness (QED) is 0.0918. The average molecular weight is 415 g/mol. The van der Waals surface area contributed by atoms with Crippen LogP contribution in [0.1, 0.15) is 117 Å². The van der Waals surface area contributed by atoms with Crippen LogP contribution in [0.15, 0.2) is 12.3 Å². The van der Waals surface area contributed by atoms with Crippen LogP contribution in [-0.2, 0) is 18.9 Å². The van der Waals surface area contributed by atoms with E-state index in [0.717, 1.165) is 39.1 Å². The van der Waals surface area contributed by atoms with Crippen molar-refractivity contribution in [2.45, 2.75) is 123 Å². The monoisotopic (exact) mass is 414 g/mol. The topological polar surface area (TPSA) is 36.9 Å². The van der Waals surface area contributed by atoms with Crippen molar-refractivity contribution in [3.8, 4) is 0 Å². The van der Waals surface area contributed by atoms with E-state index in [0.29, 0.717) is 6.79 Å². The molecule has 4 nitrogen and oxygen atoms in total. The average Bonchev–Trinajstić information content (AvgIpc) is 2.72. The lowest BCUT2D eigenvalue weighted by molar-refractivity contribution is -0.140. The van der Waals surface area contributed by atoms with Gasteiger partial charge in [0, 0.05) is 13.2 Å². The van der Waals surface area contributed by atoms with Crippen molar-refractivity contribution in [3.63, 3.8) is 0 Å². The van der Waals surface area contributed by atoms with Gasteiger partial charge >= 0.3 is 0 Å². The van der Waals surface area contributed by atoms with Gasteiger partial charge in [-0.15, -0.1) is 0 Å². The molecule has 0 bridgehead atoms. The highest BCUT2D eigenvalue weighted by Gasteiger charge is 2.06. The Labute approximate surface area is 181 Å². The molecule has 0 rings (SSSR count). The van der Waals surface area contributed by atoms with Crippen molar-refractivity contribution in [1.29, 1.82) is 0 Å². The zero-order valence-corrected chi connectivity index (χ0v) is 19.8. The van der Waals surface area contributed by atoms with Crippen LogP contribution in [0.4, 0.5) is 0 Å². The van der Waals surface area contributed by atoms with Gasteiger partial charge in [0.05, 0.1) is 12.9 Å². The first-order chi connectivity index (χ1) is 14.3. The van der Waals surface area contributed by atoms with E-state index in [1.54, 1.807) is 6.26 Å². The van der Waals surface area contributed by atoms with Gasteiger partial charge in [0.2, 0.25) is 0 Å². The molecule has 0 saturated carbocycles. The van der Waals surface area contributed by atoms with Crippen molar-refractivity contribution in [2.75, 3.05) is 26.6 Å². The van der Waals surface area contributed by atoms with E-state index in [1.807, 2.05) is 13.8 Å². The molecule has 0 aromatic carbocycles. The molecule has 0 aromatic heterocycles. The summed E-state index contributed by atoms with van der Waals surface area (Å²) in [6.07, 6.45) is 22.8. The summed E-state index contributed by atoms with van der Waals surface area (Å²) < 4.78 is 22.0. The molecule has 0 aliphatic rings. The van der Waals surface area contributed by atoms with Gasteiger partial charge in [0.15, 0.2) is 13.1 Å². The summed E-state index contributed by atoms with van der Waals surface area (Å²) in [6.45, 7) is 8.97. The fourth-order valence-corrected chi connectivity index (χ4v) is 3.31. The summed E-state index contributed by atoms with van der Waals surface area (Å²) in [5.41, 5.74) is 0. The van der Waals surface area contributed by atoms with Crippen LogP contribution in [0.25, 0.3) is 0 Å². The number of hydrogen-bond donors (Lipinski definition) is 0. The van der Waals surface area contributed by atoms with Gasteiger partial charge in [0.25, 0.3) is 0 Å². The summed E-state index contributed by atoms with van der Waals surface area (Å²) in [4.78, 5) is 0. The maximum absolute atomic E-state index is 5.58. The Morgan fingerprint density at radius 3 is 1.90 bits per heavy atom. The summed E-state index contributed by atoms with van der Waals surface area (Å²) in [5.74, 6) is 0. The molecule has 0 aliphatic heterocycles. The van der Waals surface area contributed by atoms with Crippen molar-refractivity contribution in [3.05, 3.63) is 12.3 Å². The summed E-state index contributed by atoms with van der Waals surface area (Å²) in [5, 5.41) is 0. The molecule has 29 heavy (non-hydrogen) atoms.